The minimum Gasteiger partial charge on any atom is -0.299 e. The molecule has 0 spiro atoms. The molecule has 0 radical (unpaired) electrons. The van der Waals surface area contributed by atoms with Crippen LogP contribution in [0.25, 0.3) is 0 Å². The van der Waals surface area contributed by atoms with E-state index in [9.17, 15) is 0 Å². The number of benzene rings is 1. The molecule has 0 unspecified atom stereocenters. The second-order valence-corrected chi connectivity index (χ2v) is 4.73. The van der Waals surface area contributed by atoms with Gasteiger partial charge < -0.3 is 0 Å². The molecule has 19 heavy (non-hydrogen) atoms. The second kappa shape index (κ2) is 4.39. The highest BCUT2D eigenvalue weighted by atomic mass is 15.4. The Morgan fingerprint density at radius 2 is 2.00 bits per heavy atom. The Morgan fingerprint density at radius 1 is 1.26 bits per heavy atom. The summed E-state index contributed by atoms with van der Waals surface area (Å²) in [4.78, 5) is 3.15. The van der Waals surface area contributed by atoms with Gasteiger partial charge in [-0.1, -0.05) is 29.3 Å². The van der Waals surface area contributed by atoms with Crippen molar-refractivity contribution in [3.63, 3.8) is 0 Å². The van der Waals surface area contributed by atoms with Crippen molar-refractivity contribution in [3.8, 4) is 0 Å². The van der Waals surface area contributed by atoms with Gasteiger partial charge in [0.25, 0.3) is 5.62 Å². The molecule has 1 aromatic heterocycles. The highest BCUT2D eigenvalue weighted by Gasteiger charge is 2.08. The maximum absolute atomic E-state index is 4.61. The second-order valence-electron chi connectivity index (χ2n) is 4.73. The standard InChI is InChI=1S/C15H16N4/c1-11-5-4-6-12(2)14(11)13-7-9-19(17-13)15-16-8-10-18(15)3/h4-8,10,16H,1-3H3. The lowest BCUT2D eigenvalue weighted by Gasteiger charge is -2.10. The SMILES string of the molecule is Cc1cccc(C)c1C1=N/[N+](=c2/[nH]ccn2C)[C-]=C1. The Balaban J connectivity index is 2.17. The first kappa shape index (κ1) is 11.7. The summed E-state index contributed by atoms with van der Waals surface area (Å²) in [6.45, 7) is 4.21. The van der Waals surface area contributed by atoms with Gasteiger partial charge >= 0.3 is 0 Å². The molecule has 0 saturated carbocycles. The Bertz CT molecular complexity index is 736. The molecular weight excluding hydrogens is 236 g/mol. The van der Waals surface area contributed by atoms with Crippen molar-refractivity contribution in [1.82, 2.24) is 14.2 Å². The molecular formula is C15H16N4. The summed E-state index contributed by atoms with van der Waals surface area (Å²) < 4.78 is 3.71. The minimum atomic E-state index is 0.887. The molecule has 0 amide bonds. The molecule has 2 heterocycles. The molecule has 0 fully saturated rings. The highest BCUT2D eigenvalue weighted by molar-refractivity contribution is 6.11. The van der Waals surface area contributed by atoms with Gasteiger partial charge in [0, 0.05) is 19.0 Å². The lowest BCUT2D eigenvalue weighted by molar-refractivity contribution is 0.666. The molecule has 96 valence electrons. The zero-order valence-corrected chi connectivity index (χ0v) is 11.3. The van der Waals surface area contributed by atoms with E-state index in [2.05, 4.69) is 48.3 Å². The number of hydrazone groups is 1. The molecule has 1 N–H and O–H groups in total. The number of nitrogens with one attached hydrogen (secondary N) is 1. The van der Waals surface area contributed by atoms with Gasteiger partial charge in [0.1, 0.15) is 0 Å². The maximum Gasteiger partial charge on any atom is 0.286 e. The first-order valence-electron chi connectivity index (χ1n) is 6.24. The Labute approximate surface area is 112 Å². The molecule has 1 aliphatic heterocycles. The van der Waals surface area contributed by atoms with Gasteiger partial charge in [-0.2, -0.15) is 5.10 Å². The summed E-state index contributed by atoms with van der Waals surface area (Å²) >= 11 is 0. The number of nitrogens with zero attached hydrogens (tertiary/aromatic N) is 3. The van der Waals surface area contributed by atoms with Crippen LogP contribution >= 0.6 is 0 Å². The third-order valence-corrected chi connectivity index (χ3v) is 3.31. The number of hydrogen-bond donors (Lipinski definition) is 1. The number of rotatable bonds is 1. The summed E-state index contributed by atoms with van der Waals surface area (Å²) in [7, 11) is 1.97. The van der Waals surface area contributed by atoms with Crippen molar-refractivity contribution in [2.75, 3.05) is 0 Å². The molecule has 4 nitrogen and oxygen atoms in total. The highest BCUT2D eigenvalue weighted by Crippen LogP contribution is 2.16. The Kier molecular flexibility index (Phi) is 2.71. The van der Waals surface area contributed by atoms with Crippen LogP contribution in [-0.2, 0) is 7.05 Å². The average Bonchev–Trinajstić information content (AvgIpc) is 2.98. The third-order valence-electron chi connectivity index (χ3n) is 3.31. The van der Waals surface area contributed by atoms with Crippen LogP contribution in [0.15, 0.2) is 41.8 Å². The monoisotopic (exact) mass is 252 g/mol. The molecule has 0 saturated heterocycles. The minimum absolute atomic E-state index is 0.887. The van der Waals surface area contributed by atoms with Crippen LogP contribution in [0, 0.1) is 20.0 Å². The molecule has 3 rings (SSSR count). The van der Waals surface area contributed by atoms with Crippen molar-refractivity contribution < 1.29 is 0 Å². The molecule has 0 atom stereocenters. The lowest BCUT2D eigenvalue weighted by Crippen LogP contribution is -2.28. The van der Waals surface area contributed by atoms with E-state index < -0.39 is 0 Å². The van der Waals surface area contributed by atoms with Gasteiger partial charge in [-0.3, -0.25) is 9.55 Å². The van der Waals surface area contributed by atoms with Gasteiger partial charge in [-0.25, -0.2) is 4.68 Å². The fraction of sp³-hybridized carbons (Fsp3) is 0.200. The fourth-order valence-electron chi connectivity index (χ4n) is 2.34. The molecule has 2 aromatic rings. The third kappa shape index (κ3) is 1.95. The van der Waals surface area contributed by atoms with Crippen molar-refractivity contribution in [2.24, 2.45) is 12.1 Å². The number of imidazole rings is 1. The van der Waals surface area contributed by atoms with E-state index in [0.717, 1.165) is 11.3 Å². The largest absolute Gasteiger partial charge is 0.299 e. The van der Waals surface area contributed by atoms with Crippen LogP contribution in [0.5, 0.6) is 0 Å². The predicted molar refractivity (Wildman–Crippen MR) is 75.3 cm³/mol. The van der Waals surface area contributed by atoms with E-state index >= 15 is 0 Å². The Hall–Kier alpha value is -2.36. The van der Waals surface area contributed by atoms with E-state index in [-0.39, 0.29) is 0 Å². The van der Waals surface area contributed by atoms with Crippen molar-refractivity contribution in [1.29, 1.82) is 0 Å². The van der Waals surface area contributed by atoms with Crippen LogP contribution in [0.4, 0.5) is 0 Å². The number of aromatic amines is 1. The first-order chi connectivity index (χ1) is 9.16. The van der Waals surface area contributed by atoms with Crippen LogP contribution in [0.3, 0.4) is 0 Å². The van der Waals surface area contributed by atoms with Gasteiger partial charge in [0.05, 0.1) is 12.4 Å². The summed E-state index contributed by atoms with van der Waals surface area (Å²) in [6.07, 6.45) is 8.91. The van der Waals surface area contributed by atoms with Gasteiger partial charge in [-0.15, -0.1) is 6.08 Å². The number of H-pyrrole nitrogens is 1. The van der Waals surface area contributed by atoms with Crippen LogP contribution in [-0.4, -0.2) is 15.3 Å². The number of aromatic nitrogens is 2. The summed E-state index contributed by atoms with van der Waals surface area (Å²) in [5, 5.41) is 4.61. The summed E-state index contributed by atoms with van der Waals surface area (Å²) in [5.74, 6) is 0. The Morgan fingerprint density at radius 3 is 2.63 bits per heavy atom. The fourth-order valence-corrected chi connectivity index (χ4v) is 2.34. The summed E-state index contributed by atoms with van der Waals surface area (Å²) in [6, 6.07) is 6.28. The van der Waals surface area contributed by atoms with Crippen LogP contribution < -0.4 is 10.3 Å². The molecule has 4 heteroatoms. The van der Waals surface area contributed by atoms with E-state index in [1.54, 1.807) is 4.68 Å². The molecule has 1 aromatic carbocycles. The van der Waals surface area contributed by atoms with E-state index in [4.69, 9.17) is 0 Å². The topological polar surface area (TPSA) is 36.1 Å². The van der Waals surface area contributed by atoms with Gasteiger partial charge in [-0.05, 0) is 19.4 Å². The van der Waals surface area contributed by atoms with Crippen LogP contribution in [0.2, 0.25) is 0 Å². The predicted octanol–water partition coefficient (Wildman–Crippen LogP) is 1.48. The maximum atomic E-state index is 4.61. The number of allylic oxidation sites excluding steroid dienone is 1. The zero-order valence-electron chi connectivity index (χ0n) is 11.3. The zero-order chi connectivity index (χ0) is 13.4. The van der Waals surface area contributed by atoms with Crippen LogP contribution in [0.1, 0.15) is 16.7 Å². The summed E-state index contributed by atoms with van der Waals surface area (Å²) in [5.41, 5.74) is 5.48. The molecule has 0 bridgehead atoms. The quantitative estimate of drug-likeness (QED) is 0.589. The molecule has 0 aliphatic carbocycles. The number of hydrogen-bond acceptors (Lipinski definition) is 1. The van der Waals surface area contributed by atoms with E-state index in [0.29, 0.717) is 0 Å². The van der Waals surface area contributed by atoms with Crippen molar-refractivity contribution in [3.05, 3.63) is 65.2 Å². The van der Waals surface area contributed by atoms with Gasteiger partial charge in [0.15, 0.2) is 0 Å². The number of aryl methyl sites for hydroxylation is 3. The van der Waals surface area contributed by atoms with Crippen molar-refractivity contribution >= 4 is 5.71 Å². The first-order valence-corrected chi connectivity index (χ1v) is 6.24. The normalized spacial score (nSPS) is 16.9. The molecule has 1 aliphatic rings. The smallest absolute Gasteiger partial charge is 0.286 e. The van der Waals surface area contributed by atoms with Crippen molar-refractivity contribution in [2.45, 2.75) is 13.8 Å². The van der Waals surface area contributed by atoms with Gasteiger partial charge in [0.2, 0.25) is 0 Å². The van der Waals surface area contributed by atoms with E-state index in [1.165, 1.54) is 16.7 Å². The lowest BCUT2D eigenvalue weighted by atomic mass is 9.99. The van der Waals surface area contributed by atoms with E-state index in [1.807, 2.05) is 30.1 Å². The average molecular weight is 252 g/mol.